The average molecular weight is 276 g/mol. The van der Waals surface area contributed by atoms with Crippen LogP contribution in [0.4, 0.5) is 0 Å². The Morgan fingerprint density at radius 2 is 1.55 bits per heavy atom. The second-order valence-corrected chi connectivity index (χ2v) is 8.19. The van der Waals surface area contributed by atoms with Gasteiger partial charge in [-0.05, 0) is 74.5 Å². The van der Waals surface area contributed by atoms with Crippen LogP contribution in [0, 0.1) is 29.1 Å². The molecule has 4 aliphatic carbocycles. The Bertz CT molecular complexity index is 321. The van der Waals surface area contributed by atoms with Gasteiger partial charge in [0, 0.05) is 12.3 Å². The topological polar surface area (TPSA) is 17.1 Å². The van der Waals surface area contributed by atoms with E-state index in [9.17, 15) is 4.79 Å². The molecule has 0 aromatic carbocycles. The molecule has 0 aliphatic heterocycles. The minimum atomic E-state index is 0.410. The van der Waals surface area contributed by atoms with Crippen molar-refractivity contribution in [2.45, 2.75) is 84.5 Å². The highest BCUT2D eigenvalue weighted by molar-refractivity contribution is 5.81. The third kappa shape index (κ3) is 2.57. The van der Waals surface area contributed by atoms with Crippen LogP contribution in [0.15, 0.2) is 0 Å². The van der Waals surface area contributed by atoms with Crippen LogP contribution in [0.5, 0.6) is 0 Å². The lowest BCUT2D eigenvalue weighted by atomic mass is 9.45. The Kier molecular flexibility index (Phi) is 4.24. The molecule has 20 heavy (non-hydrogen) atoms. The van der Waals surface area contributed by atoms with Gasteiger partial charge in [0.1, 0.15) is 5.78 Å². The Morgan fingerprint density at radius 1 is 1.00 bits per heavy atom. The maximum absolute atomic E-state index is 12.8. The van der Waals surface area contributed by atoms with E-state index in [1.807, 2.05) is 0 Å². The first-order valence-corrected chi connectivity index (χ1v) is 9.19. The number of carbonyl (C=O) groups is 1. The first-order chi connectivity index (χ1) is 9.66. The molecule has 0 N–H and O–H groups in total. The molecule has 1 heteroatoms. The molecule has 0 aromatic heterocycles. The average Bonchev–Trinajstić information content (AvgIpc) is 2.40. The third-order valence-electron chi connectivity index (χ3n) is 6.57. The Balaban J connectivity index is 1.77. The number of hydrogen-bond acceptors (Lipinski definition) is 1. The molecule has 0 unspecified atom stereocenters. The lowest BCUT2D eigenvalue weighted by Crippen LogP contribution is -2.51. The monoisotopic (exact) mass is 276 g/mol. The summed E-state index contributed by atoms with van der Waals surface area (Å²) < 4.78 is 0. The van der Waals surface area contributed by atoms with Crippen molar-refractivity contribution >= 4 is 5.78 Å². The van der Waals surface area contributed by atoms with Crippen molar-refractivity contribution in [2.24, 2.45) is 29.1 Å². The van der Waals surface area contributed by atoms with Gasteiger partial charge in [-0.15, -0.1) is 0 Å². The maximum Gasteiger partial charge on any atom is 0.136 e. The van der Waals surface area contributed by atoms with Crippen LogP contribution in [0.2, 0.25) is 0 Å². The van der Waals surface area contributed by atoms with Crippen LogP contribution in [-0.4, -0.2) is 5.78 Å². The van der Waals surface area contributed by atoms with Crippen molar-refractivity contribution in [1.82, 2.24) is 0 Å². The minimum absolute atomic E-state index is 0.410. The number of hydrogen-bond donors (Lipinski definition) is 0. The van der Waals surface area contributed by atoms with Gasteiger partial charge < -0.3 is 0 Å². The molecule has 0 radical (unpaired) electrons. The van der Waals surface area contributed by atoms with E-state index in [1.165, 1.54) is 44.9 Å². The second-order valence-electron chi connectivity index (χ2n) is 8.19. The number of Topliss-reactive ketones (excluding diaryl/α,β-unsaturated/α-hetero) is 1. The van der Waals surface area contributed by atoms with Crippen molar-refractivity contribution in [3.8, 4) is 0 Å². The van der Waals surface area contributed by atoms with Gasteiger partial charge in [0.15, 0.2) is 0 Å². The van der Waals surface area contributed by atoms with Gasteiger partial charge in [-0.2, -0.15) is 0 Å². The molecular formula is C19H32O. The predicted molar refractivity (Wildman–Crippen MR) is 83.5 cm³/mol. The van der Waals surface area contributed by atoms with E-state index >= 15 is 0 Å². The molecule has 4 bridgehead atoms. The van der Waals surface area contributed by atoms with Crippen LogP contribution in [0.3, 0.4) is 0 Å². The van der Waals surface area contributed by atoms with Crippen LogP contribution >= 0.6 is 0 Å². The summed E-state index contributed by atoms with van der Waals surface area (Å²) in [5.74, 6) is 3.95. The van der Waals surface area contributed by atoms with Crippen molar-refractivity contribution in [1.29, 1.82) is 0 Å². The first-order valence-electron chi connectivity index (χ1n) is 9.19. The highest BCUT2D eigenvalue weighted by Gasteiger charge is 2.54. The zero-order valence-corrected chi connectivity index (χ0v) is 13.5. The van der Waals surface area contributed by atoms with Crippen LogP contribution in [0.25, 0.3) is 0 Å². The fourth-order valence-electron chi connectivity index (χ4n) is 6.23. The van der Waals surface area contributed by atoms with Crippen molar-refractivity contribution < 1.29 is 4.79 Å². The summed E-state index contributed by atoms with van der Waals surface area (Å²) in [6, 6.07) is 0. The minimum Gasteiger partial charge on any atom is -0.299 e. The quantitative estimate of drug-likeness (QED) is 0.610. The van der Waals surface area contributed by atoms with E-state index in [4.69, 9.17) is 0 Å². The maximum atomic E-state index is 12.8. The summed E-state index contributed by atoms with van der Waals surface area (Å²) in [5, 5.41) is 0. The molecule has 0 spiro atoms. The lowest BCUT2D eigenvalue weighted by molar-refractivity contribution is -0.140. The summed E-state index contributed by atoms with van der Waals surface area (Å²) in [4.78, 5) is 12.8. The van der Waals surface area contributed by atoms with Crippen molar-refractivity contribution in [3.63, 3.8) is 0 Å². The van der Waals surface area contributed by atoms with E-state index < -0.39 is 0 Å². The molecule has 1 atom stereocenters. The van der Waals surface area contributed by atoms with E-state index in [-0.39, 0.29) is 0 Å². The third-order valence-corrected chi connectivity index (χ3v) is 6.57. The second kappa shape index (κ2) is 5.81. The smallest absolute Gasteiger partial charge is 0.136 e. The molecule has 4 aliphatic rings. The van der Waals surface area contributed by atoms with Crippen LogP contribution in [0.1, 0.15) is 84.5 Å². The lowest BCUT2D eigenvalue weighted by Gasteiger charge is -2.59. The summed E-state index contributed by atoms with van der Waals surface area (Å²) in [6.07, 6.45) is 14.1. The summed E-state index contributed by atoms with van der Waals surface area (Å²) in [5.41, 5.74) is 0.440. The van der Waals surface area contributed by atoms with Gasteiger partial charge in [-0.25, -0.2) is 0 Å². The van der Waals surface area contributed by atoms with Crippen molar-refractivity contribution in [2.75, 3.05) is 0 Å². The van der Waals surface area contributed by atoms with Crippen molar-refractivity contribution in [3.05, 3.63) is 0 Å². The van der Waals surface area contributed by atoms with E-state index in [0.717, 1.165) is 43.4 Å². The highest BCUT2D eigenvalue weighted by atomic mass is 16.1. The SMILES string of the molecule is CCCCC(=O)[C@@H](CCC)C12CC3CC(CC(C3)C1)C2. The molecule has 0 heterocycles. The van der Waals surface area contributed by atoms with Gasteiger partial charge in [-0.3, -0.25) is 4.79 Å². The summed E-state index contributed by atoms with van der Waals surface area (Å²) in [7, 11) is 0. The molecule has 0 amide bonds. The van der Waals surface area contributed by atoms with Crippen LogP contribution < -0.4 is 0 Å². The first kappa shape index (κ1) is 14.6. The summed E-state index contributed by atoms with van der Waals surface area (Å²) >= 11 is 0. The standard InChI is InChI=1S/C19H32O/c1-3-5-7-18(20)17(6-4-2)19-11-14-8-15(12-19)10-16(9-14)13-19/h14-17H,3-13H2,1-2H3/t14?,15?,16?,17-,19?/m1/s1. The van der Waals surface area contributed by atoms with E-state index in [1.54, 1.807) is 0 Å². The number of ketones is 1. The molecule has 1 nitrogen and oxygen atoms in total. The van der Waals surface area contributed by atoms with Gasteiger partial charge in [0.25, 0.3) is 0 Å². The molecule has 0 saturated heterocycles. The van der Waals surface area contributed by atoms with E-state index in [2.05, 4.69) is 13.8 Å². The summed E-state index contributed by atoms with van der Waals surface area (Å²) in [6.45, 7) is 4.47. The Labute approximate surface area is 124 Å². The number of carbonyl (C=O) groups excluding carboxylic acids is 1. The number of unbranched alkanes of at least 4 members (excludes halogenated alkanes) is 1. The molecular weight excluding hydrogens is 244 g/mol. The fraction of sp³-hybridized carbons (Fsp3) is 0.947. The van der Waals surface area contributed by atoms with Crippen LogP contribution in [-0.2, 0) is 4.79 Å². The van der Waals surface area contributed by atoms with Gasteiger partial charge in [0.05, 0.1) is 0 Å². The Hall–Kier alpha value is -0.330. The van der Waals surface area contributed by atoms with E-state index in [0.29, 0.717) is 17.1 Å². The molecule has 4 saturated carbocycles. The largest absolute Gasteiger partial charge is 0.299 e. The Morgan fingerprint density at radius 3 is 2.00 bits per heavy atom. The predicted octanol–water partition coefficient (Wildman–Crippen LogP) is 5.38. The normalized spacial score (nSPS) is 40.0. The molecule has 4 fully saturated rings. The molecule has 114 valence electrons. The fourth-order valence-corrected chi connectivity index (χ4v) is 6.23. The molecule has 4 rings (SSSR count). The zero-order chi connectivity index (χ0) is 14.2. The van der Waals surface area contributed by atoms with Gasteiger partial charge >= 0.3 is 0 Å². The van der Waals surface area contributed by atoms with Gasteiger partial charge in [-0.1, -0.05) is 26.7 Å². The van der Waals surface area contributed by atoms with Gasteiger partial charge in [0.2, 0.25) is 0 Å². The zero-order valence-electron chi connectivity index (χ0n) is 13.5. The highest BCUT2D eigenvalue weighted by Crippen LogP contribution is 2.63. The molecule has 0 aromatic rings. The number of rotatable bonds is 7.